The van der Waals surface area contributed by atoms with Crippen LogP contribution in [0.2, 0.25) is 0 Å². The molecule has 3 aromatic carbocycles. The van der Waals surface area contributed by atoms with Crippen molar-refractivity contribution in [3.63, 3.8) is 0 Å². The van der Waals surface area contributed by atoms with Gasteiger partial charge in [-0.2, -0.15) is 0 Å². The summed E-state index contributed by atoms with van der Waals surface area (Å²) >= 11 is 1.34. The summed E-state index contributed by atoms with van der Waals surface area (Å²) < 4.78 is 11.1. The molecule has 0 bridgehead atoms. The summed E-state index contributed by atoms with van der Waals surface area (Å²) in [6, 6.07) is 22.6. The normalized spacial score (nSPS) is 24.9. The van der Waals surface area contributed by atoms with Gasteiger partial charge in [-0.25, -0.2) is 0 Å². The summed E-state index contributed by atoms with van der Waals surface area (Å²) in [6.45, 7) is 2.10. The summed E-state index contributed by atoms with van der Waals surface area (Å²) in [5, 5.41) is 4.93. The molecule has 4 atom stereocenters. The van der Waals surface area contributed by atoms with Crippen molar-refractivity contribution in [2.75, 3.05) is 17.0 Å². The van der Waals surface area contributed by atoms with E-state index in [1.54, 1.807) is 24.3 Å². The van der Waals surface area contributed by atoms with E-state index >= 15 is 0 Å². The lowest BCUT2D eigenvalue weighted by molar-refractivity contribution is -0.121. The second-order valence-corrected chi connectivity index (χ2v) is 11.7. The monoisotopic (exact) mass is 560 g/mol. The van der Waals surface area contributed by atoms with Crippen molar-refractivity contribution in [1.82, 2.24) is 0 Å². The number of carbonyl (C=O) groups is 3. The largest absolute Gasteiger partial charge is 0.454 e. The zero-order valence-corrected chi connectivity index (χ0v) is 22.8. The van der Waals surface area contributed by atoms with Gasteiger partial charge in [-0.05, 0) is 59.8 Å². The Morgan fingerprint density at radius 1 is 0.951 bits per heavy atom. The van der Waals surface area contributed by atoms with Crippen molar-refractivity contribution in [2.45, 2.75) is 24.4 Å². The number of Topliss-reactive ketones (excluding diaryl/α,β-unsaturated/α-hetero) is 2. The number of anilines is 2. The highest BCUT2D eigenvalue weighted by Gasteiger charge is 2.70. The number of nitrogens with one attached hydrogen (secondary N) is 1. The van der Waals surface area contributed by atoms with Crippen molar-refractivity contribution >= 4 is 45.8 Å². The molecule has 7 nitrogen and oxygen atoms in total. The molecule has 0 unspecified atom stereocenters. The molecule has 1 saturated heterocycles. The van der Waals surface area contributed by atoms with Crippen LogP contribution in [0.15, 0.2) is 90.3 Å². The van der Waals surface area contributed by atoms with Gasteiger partial charge >= 0.3 is 0 Å². The van der Waals surface area contributed by atoms with Crippen molar-refractivity contribution in [1.29, 1.82) is 0 Å². The highest BCUT2D eigenvalue weighted by molar-refractivity contribution is 7.12. The zero-order chi connectivity index (χ0) is 27.9. The first-order valence-corrected chi connectivity index (χ1v) is 14.4. The molecule has 1 amide bonds. The Morgan fingerprint density at radius 2 is 1.76 bits per heavy atom. The Kier molecular flexibility index (Phi) is 5.09. The zero-order valence-electron chi connectivity index (χ0n) is 22.0. The van der Waals surface area contributed by atoms with Gasteiger partial charge in [0.1, 0.15) is 11.5 Å². The average Bonchev–Trinajstić information content (AvgIpc) is 3.79. The molecule has 1 N–H and O–H groups in total. The SMILES string of the molecule is CC1=C[C@@H]2N(c3ccccc31)[C@@H](C(=O)c1cccs1)[C@@H](C(=O)c1ccc3c(c1)OCO3)[C@]21C(=O)Nc2ccccc21. The van der Waals surface area contributed by atoms with Crippen molar-refractivity contribution in [2.24, 2.45) is 5.92 Å². The Hall–Kier alpha value is -4.69. The summed E-state index contributed by atoms with van der Waals surface area (Å²) in [4.78, 5) is 46.5. The summed E-state index contributed by atoms with van der Waals surface area (Å²) in [5.41, 5.74) is 3.22. The predicted molar refractivity (Wildman–Crippen MR) is 156 cm³/mol. The molecule has 1 fully saturated rings. The van der Waals surface area contributed by atoms with Gasteiger partial charge < -0.3 is 19.7 Å². The van der Waals surface area contributed by atoms with Gasteiger partial charge in [-0.1, -0.05) is 48.5 Å². The van der Waals surface area contributed by atoms with Crippen LogP contribution in [0.1, 0.15) is 38.1 Å². The number of allylic oxidation sites excluding steroid dienone is 1. The number of hydrogen-bond donors (Lipinski definition) is 1. The van der Waals surface area contributed by atoms with Gasteiger partial charge in [0.25, 0.3) is 0 Å². The first-order valence-electron chi connectivity index (χ1n) is 13.5. The van der Waals surface area contributed by atoms with Crippen LogP contribution >= 0.6 is 11.3 Å². The number of rotatable bonds is 4. The van der Waals surface area contributed by atoms with Crippen LogP contribution in [-0.4, -0.2) is 36.4 Å². The third-order valence-electron chi connectivity index (χ3n) is 8.86. The molecule has 0 saturated carbocycles. The summed E-state index contributed by atoms with van der Waals surface area (Å²) in [5.74, 6) is -0.746. The number of para-hydroxylation sites is 2. The minimum absolute atomic E-state index is 0.0757. The maximum Gasteiger partial charge on any atom is 0.238 e. The van der Waals surface area contributed by atoms with Crippen LogP contribution in [-0.2, 0) is 10.2 Å². The Bertz CT molecular complexity index is 1810. The van der Waals surface area contributed by atoms with E-state index < -0.39 is 23.4 Å². The second-order valence-electron chi connectivity index (χ2n) is 10.8. The molecule has 5 heterocycles. The van der Waals surface area contributed by atoms with Crippen LogP contribution in [0.4, 0.5) is 11.4 Å². The smallest absolute Gasteiger partial charge is 0.238 e. The van der Waals surface area contributed by atoms with E-state index in [9.17, 15) is 14.4 Å². The van der Waals surface area contributed by atoms with Crippen molar-refractivity contribution in [3.05, 3.63) is 112 Å². The number of amides is 1. The number of hydrogen-bond acceptors (Lipinski definition) is 7. The molecule has 1 spiro atoms. The minimum atomic E-state index is -1.35. The number of nitrogens with zero attached hydrogens (tertiary/aromatic N) is 1. The summed E-state index contributed by atoms with van der Waals surface area (Å²) in [6.07, 6.45) is 2.06. The Morgan fingerprint density at radius 3 is 2.61 bits per heavy atom. The predicted octanol–water partition coefficient (Wildman–Crippen LogP) is 5.72. The molecule has 0 aliphatic carbocycles. The molecule has 41 heavy (non-hydrogen) atoms. The third kappa shape index (κ3) is 3.16. The molecule has 8 rings (SSSR count). The van der Waals surface area contributed by atoms with Gasteiger partial charge in [0.2, 0.25) is 12.7 Å². The van der Waals surface area contributed by atoms with E-state index in [2.05, 4.69) is 11.4 Å². The van der Waals surface area contributed by atoms with Crippen LogP contribution in [0.25, 0.3) is 5.57 Å². The van der Waals surface area contributed by atoms with Crippen LogP contribution < -0.4 is 19.7 Å². The van der Waals surface area contributed by atoms with Gasteiger partial charge in [-0.3, -0.25) is 14.4 Å². The number of ketones is 2. The van der Waals surface area contributed by atoms with Gasteiger partial charge in [0.05, 0.1) is 16.8 Å². The third-order valence-corrected chi connectivity index (χ3v) is 9.74. The topological polar surface area (TPSA) is 84.9 Å². The second kappa shape index (κ2) is 8.65. The highest BCUT2D eigenvalue weighted by atomic mass is 32.1. The molecule has 4 aromatic rings. The highest BCUT2D eigenvalue weighted by Crippen LogP contribution is 2.59. The van der Waals surface area contributed by atoms with Crippen molar-refractivity contribution < 1.29 is 23.9 Å². The van der Waals surface area contributed by atoms with E-state index in [-0.39, 0.29) is 24.3 Å². The standard InChI is InChI=1S/C33H24N2O5S/c1-18-15-27-33(21-8-3-4-9-22(21)34-32(33)38)28(30(36)19-12-13-24-25(16-19)40-17-39-24)29(31(37)26-11-6-14-41-26)35(27)23-10-5-2-7-20(18)23/h2-16,27-29H,17H2,1H3,(H,34,38)/t27-,28-,29+,33+/m0/s1. The fourth-order valence-electron chi connectivity index (χ4n) is 7.18. The number of ether oxygens (including phenoxy) is 2. The minimum Gasteiger partial charge on any atom is -0.454 e. The number of fused-ring (bicyclic) bond motifs is 7. The molecule has 8 heteroatoms. The van der Waals surface area contributed by atoms with Gasteiger partial charge in [-0.15, -0.1) is 11.3 Å². The number of benzene rings is 3. The maximum atomic E-state index is 14.9. The first kappa shape index (κ1) is 24.1. The molecule has 4 aliphatic heterocycles. The van der Waals surface area contributed by atoms with E-state index in [0.717, 1.165) is 22.4 Å². The van der Waals surface area contributed by atoms with Crippen LogP contribution in [0, 0.1) is 5.92 Å². The lowest BCUT2D eigenvalue weighted by Gasteiger charge is -2.39. The van der Waals surface area contributed by atoms with Crippen LogP contribution in [0.5, 0.6) is 11.5 Å². The lowest BCUT2D eigenvalue weighted by Crippen LogP contribution is -2.51. The molecule has 1 aromatic heterocycles. The molecule has 202 valence electrons. The number of thiophene rings is 1. The fourth-order valence-corrected chi connectivity index (χ4v) is 7.88. The van der Waals surface area contributed by atoms with Crippen molar-refractivity contribution in [3.8, 4) is 11.5 Å². The van der Waals surface area contributed by atoms with E-state index in [0.29, 0.717) is 27.6 Å². The maximum absolute atomic E-state index is 14.9. The Balaban J connectivity index is 1.43. The molecule has 4 aliphatic rings. The molecule has 0 radical (unpaired) electrons. The fraction of sp³-hybridized carbons (Fsp3) is 0.182. The van der Waals surface area contributed by atoms with E-state index in [4.69, 9.17) is 9.47 Å². The molecular formula is C33H24N2O5S. The number of carbonyl (C=O) groups excluding carboxylic acids is 3. The molecular weight excluding hydrogens is 536 g/mol. The average molecular weight is 561 g/mol. The van der Waals surface area contributed by atoms with Gasteiger partial charge in [0, 0.05) is 22.5 Å². The van der Waals surface area contributed by atoms with E-state index in [1.807, 2.05) is 71.8 Å². The first-order chi connectivity index (χ1) is 20.0. The Labute approximate surface area is 240 Å². The van der Waals surface area contributed by atoms with Gasteiger partial charge in [0.15, 0.2) is 23.1 Å². The van der Waals surface area contributed by atoms with E-state index in [1.165, 1.54) is 11.3 Å². The lowest BCUT2D eigenvalue weighted by atomic mass is 9.64. The quantitative estimate of drug-likeness (QED) is 0.321. The van der Waals surface area contributed by atoms with Crippen LogP contribution in [0.3, 0.4) is 0 Å². The summed E-state index contributed by atoms with van der Waals surface area (Å²) in [7, 11) is 0.